The Bertz CT molecular complexity index is 1280. The van der Waals surface area contributed by atoms with Crippen molar-refractivity contribution in [2.75, 3.05) is 6.61 Å². The highest BCUT2D eigenvalue weighted by Crippen LogP contribution is 2.27. The van der Waals surface area contributed by atoms with E-state index in [1.807, 2.05) is 55.5 Å². The molecular weight excluding hydrogens is 432 g/mol. The van der Waals surface area contributed by atoms with Gasteiger partial charge in [0.2, 0.25) is 11.8 Å². The van der Waals surface area contributed by atoms with E-state index in [0.717, 1.165) is 22.6 Å². The molecule has 174 valence electrons. The van der Waals surface area contributed by atoms with Crippen molar-refractivity contribution in [2.24, 2.45) is 0 Å². The fourth-order valence-electron chi connectivity index (χ4n) is 3.33. The lowest BCUT2D eigenvalue weighted by molar-refractivity contribution is -0.152. The molecule has 4 rings (SSSR count). The number of rotatable bonds is 9. The quantitative estimate of drug-likeness (QED) is 0.350. The summed E-state index contributed by atoms with van der Waals surface area (Å²) in [5.41, 5.74) is 1.94. The SMILES string of the molecule is Cc1oc(-c2ccccc2)nc1CCOc1cccc(-c2cccc(OC(C)(C)C(=O)O)c2)n1. The van der Waals surface area contributed by atoms with Crippen LogP contribution >= 0.6 is 0 Å². The summed E-state index contributed by atoms with van der Waals surface area (Å²) in [6, 6.07) is 22.5. The Morgan fingerprint density at radius 2 is 1.71 bits per heavy atom. The summed E-state index contributed by atoms with van der Waals surface area (Å²) in [6.07, 6.45) is 0.585. The number of carbonyl (C=O) groups is 1. The molecule has 2 aromatic carbocycles. The van der Waals surface area contributed by atoms with Crippen LogP contribution in [-0.4, -0.2) is 33.3 Å². The van der Waals surface area contributed by atoms with Gasteiger partial charge in [0.25, 0.3) is 0 Å². The second kappa shape index (κ2) is 9.79. The average Bonchev–Trinajstić information content (AvgIpc) is 3.20. The molecule has 0 aliphatic heterocycles. The molecule has 0 fully saturated rings. The Labute approximate surface area is 198 Å². The zero-order valence-corrected chi connectivity index (χ0v) is 19.3. The number of ether oxygens (including phenoxy) is 2. The first-order valence-electron chi connectivity index (χ1n) is 11.0. The number of hydrogen-bond acceptors (Lipinski definition) is 6. The molecule has 7 heteroatoms. The van der Waals surface area contributed by atoms with Crippen molar-refractivity contribution in [3.63, 3.8) is 0 Å². The summed E-state index contributed by atoms with van der Waals surface area (Å²) in [4.78, 5) is 20.5. The second-order valence-corrected chi connectivity index (χ2v) is 8.29. The topological polar surface area (TPSA) is 94.7 Å². The van der Waals surface area contributed by atoms with E-state index in [4.69, 9.17) is 13.9 Å². The summed E-state index contributed by atoms with van der Waals surface area (Å²) in [5.74, 6) is 1.27. The molecular formula is C27H26N2O5. The van der Waals surface area contributed by atoms with Gasteiger partial charge in [-0.25, -0.2) is 14.8 Å². The lowest BCUT2D eigenvalue weighted by Crippen LogP contribution is -2.37. The molecule has 0 amide bonds. The van der Waals surface area contributed by atoms with E-state index in [2.05, 4.69) is 9.97 Å². The van der Waals surface area contributed by atoms with Crippen LogP contribution in [-0.2, 0) is 11.2 Å². The fourth-order valence-corrected chi connectivity index (χ4v) is 3.33. The number of pyridine rings is 1. The molecule has 4 aromatic rings. The maximum atomic E-state index is 11.4. The summed E-state index contributed by atoms with van der Waals surface area (Å²) < 4.78 is 17.3. The Kier molecular flexibility index (Phi) is 6.63. The minimum Gasteiger partial charge on any atom is -0.478 e. The van der Waals surface area contributed by atoms with Crippen LogP contribution in [0.3, 0.4) is 0 Å². The van der Waals surface area contributed by atoms with Crippen LogP contribution in [0.4, 0.5) is 0 Å². The van der Waals surface area contributed by atoms with Crippen molar-refractivity contribution in [3.05, 3.63) is 84.3 Å². The molecule has 0 saturated carbocycles. The molecule has 0 aliphatic rings. The summed E-state index contributed by atoms with van der Waals surface area (Å²) in [7, 11) is 0. The zero-order chi connectivity index (χ0) is 24.1. The first kappa shape index (κ1) is 23.0. The van der Waals surface area contributed by atoms with E-state index in [-0.39, 0.29) is 0 Å². The van der Waals surface area contributed by atoms with E-state index in [9.17, 15) is 9.90 Å². The minimum atomic E-state index is -1.34. The maximum Gasteiger partial charge on any atom is 0.347 e. The highest BCUT2D eigenvalue weighted by Gasteiger charge is 2.29. The first-order chi connectivity index (χ1) is 16.3. The summed E-state index contributed by atoms with van der Waals surface area (Å²) in [5, 5.41) is 9.30. The molecule has 34 heavy (non-hydrogen) atoms. The zero-order valence-electron chi connectivity index (χ0n) is 19.3. The van der Waals surface area contributed by atoms with Crippen LogP contribution in [0.25, 0.3) is 22.7 Å². The predicted octanol–water partition coefficient (Wildman–Crippen LogP) is 5.58. The largest absolute Gasteiger partial charge is 0.478 e. The number of benzene rings is 2. The number of aryl methyl sites for hydroxylation is 1. The van der Waals surface area contributed by atoms with Crippen molar-refractivity contribution < 1.29 is 23.8 Å². The van der Waals surface area contributed by atoms with Crippen LogP contribution in [0.1, 0.15) is 25.3 Å². The van der Waals surface area contributed by atoms with Gasteiger partial charge in [-0.15, -0.1) is 0 Å². The smallest absolute Gasteiger partial charge is 0.347 e. The number of carboxylic acids is 1. The van der Waals surface area contributed by atoms with Crippen LogP contribution in [0.15, 0.2) is 77.2 Å². The van der Waals surface area contributed by atoms with Crippen molar-refractivity contribution in [1.29, 1.82) is 0 Å². The third-order valence-electron chi connectivity index (χ3n) is 5.24. The molecule has 0 saturated heterocycles. The molecule has 0 radical (unpaired) electrons. The second-order valence-electron chi connectivity index (χ2n) is 8.29. The fraction of sp³-hybridized carbons (Fsp3) is 0.222. The molecule has 0 atom stereocenters. The lowest BCUT2D eigenvalue weighted by atomic mass is 10.1. The molecule has 2 aromatic heterocycles. The third kappa shape index (κ3) is 5.43. The Morgan fingerprint density at radius 1 is 0.971 bits per heavy atom. The van der Waals surface area contributed by atoms with Gasteiger partial charge in [-0.3, -0.25) is 0 Å². The molecule has 0 aliphatic carbocycles. The number of aliphatic carboxylic acids is 1. The van der Waals surface area contributed by atoms with Gasteiger partial charge in [-0.05, 0) is 51.1 Å². The van der Waals surface area contributed by atoms with E-state index in [1.165, 1.54) is 13.8 Å². The lowest BCUT2D eigenvalue weighted by Gasteiger charge is -2.21. The van der Waals surface area contributed by atoms with E-state index in [1.54, 1.807) is 24.3 Å². The molecule has 1 N–H and O–H groups in total. The highest BCUT2D eigenvalue weighted by atomic mass is 16.5. The standard InChI is InChI=1S/C27H26N2O5/c1-18-22(29-25(33-18)19-9-5-4-6-10-19)15-16-32-24-14-8-13-23(28-24)20-11-7-12-21(17-20)34-27(2,3)26(30)31/h4-14,17H,15-16H2,1-3H3,(H,30,31). The van der Waals surface area contributed by atoms with Crippen LogP contribution in [0.2, 0.25) is 0 Å². The van der Waals surface area contributed by atoms with Crippen LogP contribution in [0.5, 0.6) is 11.6 Å². The molecule has 0 bridgehead atoms. The Morgan fingerprint density at radius 3 is 2.47 bits per heavy atom. The molecule has 0 spiro atoms. The van der Waals surface area contributed by atoms with E-state index in [0.29, 0.717) is 36.2 Å². The van der Waals surface area contributed by atoms with E-state index >= 15 is 0 Å². The van der Waals surface area contributed by atoms with Crippen molar-refractivity contribution >= 4 is 5.97 Å². The number of hydrogen-bond donors (Lipinski definition) is 1. The Hall–Kier alpha value is -4.13. The van der Waals surface area contributed by atoms with Gasteiger partial charge in [0.15, 0.2) is 5.60 Å². The van der Waals surface area contributed by atoms with Crippen molar-refractivity contribution in [1.82, 2.24) is 9.97 Å². The summed E-state index contributed by atoms with van der Waals surface area (Å²) >= 11 is 0. The third-order valence-corrected chi connectivity index (χ3v) is 5.24. The minimum absolute atomic E-state index is 0.397. The highest BCUT2D eigenvalue weighted by molar-refractivity contribution is 5.77. The normalized spacial score (nSPS) is 11.3. The predicted molar refractivity (Wildman–Crippen MR) is 128 cm³/mol. The molecule has 2 heterocycles. The number of oxazole rings is 1. The first-order valence-corrected chi connectivity index (χ1v) is 11.0. The van der Waals surface area contributed by atoms with Gasteiger partial charge < -0.3 is 19.0 Å². The van der Waals surface area contributed by atoms with Crippen LogP contribution < -0.4 is 9.47 Å². The number of nitrogens with zero attached hydrogens (tertiary/aromatic N) is 2. The number of aromatic nitrogens is 2. The molecule has 0 unspecified atom stereocenters. The average molecular weight is 459 g/mol. The van der Waals surface area contributed by atoms with Gasteiger partial charge in [-0.2, -0.15) is 0 Å². The van der Waals surface area contributed by atoms with Crippen LogP contribution in [0, 0.1) is 6.92 Å². The molecule has 7 nitrogen and oxygen atoms in total. The Balaban J connectivity index is 1.42. The van der Waals surface area contributed by atoms with Gasteiger partial charge in [0.05, 0.1) is 18.0 Å². The van der Waals surface area contributed by atoms with Gasteiger partial charge in [0.1, 0.15) is 11.5 Å². The monoisotopic (exact) mass is 458 g/mol. The van der Waals surface area contributed by atoms with Gasteiger partial charge in [-0.1, -0.05) is 36.4 Å². The van der Waals surface area contributed by atoms with Gasteiger partial charge >= 0.3 is 5.97 Å². The van der Waals surface area contributed by atoms with E-state index < -0.39 is 11.6 Å². The maximum absolute atomic E-state index is 11.4. The van der Waals surface area contributed by atoms with Crippen molar-refractivity contribution in [3.8, 4) is 34.3 Å². The number of carboxylic acid groups (broad SMARTS) is 1. The summed E-state index contributed by atoms with van der Waals surface area (Å²) in [6.45, 7) is 5.31. The van der Waals surface area contributed by atoms with Gasteiger partial charge in [0, 0.05) is 23.6 Å². The van der Waals surface area contributed by atoms with Crippen molar-refractivity contribution in [2.45, 2.75) is 32.8 Å².